The van der Waals surface area contributed by atoms with E-state index in [-0.39, 0.29) is 11.9 Å². The van der Waals surface area contributed by atoms with Crippen molar-refractivity contribution in [3.63, 3.8) is 0 Å². The second-order valence-electron chi connectivity index (χ2n) is 7.58. The van der Waals surface area contributed by atoms with Gasteiger partial charge in [-0.05, 0) is 55.3 Å². The summed E-state index contributed by atoms with van der Waals surface area (Å²) in [7, 11) is 0. The molecule has 1 aromatic carbocycles. The van der Waals surface area contributed by atoms with Crippen LogP contribution >= 0.6 is 11.3 Å². The Balaban J connectivity index is 1.42. The van der Waals surface area contributed by atoms with Crippen LogP contribution in [-0.2, 0) is 4.74 Å². The molecule has 0 radical (unpaired) electrons. The van der Waals surface area contributed by atoms with Gasteiger partial charge in [-0.3, -0.25) is 10.1 Å². The Hall–Kier alpha value is -3.52. The monoisotopic (exact) mass is 432 g/mol. The molecule has 1 unspecified atom stereocenters. The normalized spacial score (nSPS) is 14.4. The van der Waals surface area contributed by atoms with Gasteiger partial charge < -0.3 is 4.74 Å². The zero-order valence-electron chi connectivity index (χ0n) is 16.8. The number of anilines is 1. The third-order valence-electron chi connectivity index (χ3n) is 5.37. The Morgan fingerprint density at radius 3 is 2.87 bits per heavy atom. The van der Waals surface area contributed by atoms with Crippen molar-refractivity contribution in [3.8, 4) is 11.3 Å². The minimum absolute atomic E-state index is 0.0774. The maximum Gasteiger partial charge on any atom is 0.411 e. The third-order valence-corrected chi connectivity index (χ3v) is 6.24. The number of benzene rings is 1. The predicted octanol–water partition coefficient (Wildman–Crippen LogP) is 5.04. The van der Waals surface area contributed by atoms with Crippen LogP contribution in [0.25, 0.3) is 16.9 Å². The number of rotatable bonds is 6. The van der Waals surface area contributed by atoms with E-state index in [4.69, 9.17) is 4.74 Å². The molecule has 3 heterocycles. The smallest absolute Gasteiger partial charge is 0.411 e. The second kappa shape index (κ2) is 7.96. The Bertz CT molecular complexity index is 1260. The summed E-state index contributed by atoms with van der Waals surface area (Å²) in [6.45, 7) is 1.92. The average Bonchev–Trinajstić information content (AvgIpc) is 3.31. The van der Waals surface area contributed by atoms with E-state index in [9.17, 15) is 9.59 Å². The van der Waals surface area contributed by atoms with E-state index >= 15 is 0 Å². The largest absolute Gasteiger partial charge is 0.446 e. The lowest BCUT2D eigenvalue weighted by Crippen LogP contribution is -2.21. The lowest BCUT2D eigenvalue weighted by molar-refractivity contribution is 0.104. The SMILES string of the molecule is CC(OC(=O)Nc1cccc(-c2ccnc3c(C(=O)c4cccs4)cnn23)c1)C1CC1. The summed E-state index contributed by atoms with van der Waals surface area (Å²) in [6, 6.07) is 12.9. The van der Waals surface area contributed by atoms with E-state index in [2.05, 4.69) is 15.4 Å². The number of hydrogen-bond donors (Lipinski definition) is 1. The summed E-state index contributed by atoms with van der Waals surface area (Å²) in [5, 5.41) is 9.07. The fourth-order valence-corrected chi connectivity index (χ4v) is 4.22. The summed E-state index contributed by atoms with van der Waals surface area (Å²) in [5.41, 5.74) is 3.16. The van der Waals surface area contributed by atoms with Gasteiger partial charge in [0, 0.05) is 17.4 Å². The highest BCUT2D eigenvalue weighted by atomic mass is 32.1. The van der Waals surface area contributed by atoms with E-state index < -0.39 is 6.09 Å². The fourth-order valence-electron chi connectivity index (χ4n) is 3.55. The van der Waals surface area contributed by atoms with Gasteiger partial charge in [-0.25, -0.2) is 14.3 Å². The van der Waals surface area contributed by atoms with Gasteiger partial charge in [-0.1, -0.05) is 18.2 Å². The molecule has 156 valence electrons. The highest BCUT2D eigenvalue weighted by molar-refractivity contribution is 7.12. The lowest BCUT2D eigenvalue weighted by Gasteiger charge is -2.13. The van der Waals surface area contributed by atoms with Gasteiger partial charge >= 0.3 is 6.09 Å². The molecule has 1 aliphatic carbocycles. The van der Waals surface area contributed by atoms with Crippen molar-refractivity contribution < 1.29 is 14.3 Å². The predicted molar refractivity (Wildman–Crippen MR) is 118 cm³/mol. The third kappa shape index (κ3) is 3.94. The zero-order valence-corrected chi connectivity index (χ0v) is 17.6. The summed E-state index contributed by atoms with van der Waals surface area (Å²) in [5.74, 6) is 0.380. The van der Waals surface area contributed by atoms with E-state index in [1.165, 1.54) is 11.3 Å². The molecule has 0 bridgehead atoms. The Morgan fingerprint density at radius 1 is 1.23 bits per heavy atom. The van der Waals surface area contributed by atoms with E-state index in [1.807, 2.05) is 42.6 Å². The molecule has 0 spiro atoms. The van der Waals surface area contributed by atoms with Gasteiger partial charge in [0.05, 0.1) is 22.3 Å². The van der Waals surface area contributed by atoms with Crippen molar-refractivity contribution in [1.82, 2.24) is 14.6 Å². The summed E-state index contributed by atoms with van der Waals surface area (Å²) in [4.78, 5) is 30.0. The molecule has 1 N–H and O–H groups in total. The maximum absolute atomic E-state index is 12.8. The van der Waals surface area contributed by atoms with Gasteiger partial charge in [0.25, 0.3) is 0 Å². The Labute approximate surface area is 182 Å². The Morgan fingerprint density at radius 2 is 2.10 bits per heavy atom. The van der Waals surface area contributed by atoms with Crippen molar-refractivity contribution in [1.29, 1.82) is 0 Å². The number of carbonyl (C=O) groups is 2. The second-order valence-corrected chi connectivity index (χ2v) is 8.53. The molecular weight excluding hydrogens is 412 g/mol. The van der Waals surface area contributed by atoms with Crippen molar-refractivity contribution in [3.05, 3.63) is 70.7 Å². The number of nitrogens with one attached hydrogen (secondary N) is 1. The van der Waals surface area contributed by atoms with Gasteiger partial charge in [0.1, 0.15) is 6.10 Å². The first kappa shape index (κ1) is 19.4. The number of aromatic nitrogens is 3. The van der Waals surface area contributed by atoms with Crippen molar-refractivity contribution in [2.24, 2.45) is 5.92 Å². The van der Waals surface area contributed by atoms with Crippen LogP contribution < -0.4 is 5.32 Å². The summed E-state index contributed by atoms with van der Waals surface area (Å²) in [6.07, 6.45) is 4.90. The van der Waals surface area contributed by atoms with Gasteiger partial charge in [0.15, 0.2) is 5.65 Å². The van der Waals surface area contributed by atoms with Crippen LogP contribution in [0.3, 0.4) is 0 Å². The first-order valence-corrected chi connectivity index (χ1v) is 11.0. The first-order valence-electron chi connectivity index (χ1n) is 10.1. The fraction of sp³-hybridized carbons (Fsp3) is 0.217. The number of amides is 1. The highest BCUT2D eigenvalue weighted by Crippen LogP contribution is 2.34. The molecule has 1 saturated carbocycles. The molecule has 0 aliphatic heterocycles. The molecule has 4 aromatic rings. The quantitative estimate of drug-likeness (QED) is 0.432. The number of ether oxygens (including phenoxy) is 1. The van der Waals surface area contributed by atoms with E-state index in [0.717, 1.165) is 24.1 Å². The first-order chi connectivity index (χ1) is 15.1. The minimum atomic E-state index is -0.459. The van der Waals surface area contributed by atoms with Crippen molar-refractivity contribution in [2.45, 2.75) is 25.9 Å². The van der Waals surface area contributed by atoms with Crippen molar-refractivity contribution in [2.75, 3.05) is 5.32 Å². The molecule has 5 rings (SSSR count). The molecule has 8 heteroatoms. The topological polar surface area (TPSA) is 85.6 Å². The molecule has 1 atom stereocenters. The number of thiophene rings is 1. The molecular formula is C23H20N4O3S. The standard InChI is InChI=1S/C23H20N4O3S/c1-14(15-7-8-15)30-23(29)26-17-5-2-4-16(12-17)19-9-10-24-22-18(13-25-27(19)22)21(28)20-6-3-11-31-20/h2-6,9-15H,7-8H2,1H3,(H,26,29). The number of carbonyl (C=O) groups excluding carboxylic acids is 2. The highest BCUT2D eigenvalue weighted by Gasteiger charge is 2.30. The zero-order chi connectivity index (χ0) is 21.4. The van der Waals surface area contributed by atoms with Crippen LogP contribution in [0.2, 0.25) is 0 Å². The summed E-state index contributed by atoms with van der Waals surface area (Å²) >= 11 is 1.39. The van der Waals surface area contributed by atoms with Crippen LogP contribution in [0.5, 0.6) is 0 Å². The summed E-state index contributed by atoms with van der Waals surface area (Å²) < 4.78 is 7.09. The van der Waals surface area contributed by atoms with Crippen LogP contribution in [0, 0.1) is 5.92 Å². The van der Waals surface area contributed by atoms with E-state index in [1.54, 1.807) is 29.0 Å². The Kier molecular flexibility index (Phi) is 4.99. The minimum Gasteiger partial charge on any atom is -0.446 e. The molecule has 1 aliphatic rings. The number of hydrogen-bond acceptors (Lipinski definition) is 6. The molecule has 1 amide bonds. The van der Waals surface area contributed by atoms with Gasteiger partial charge in [-0.15, -0.1) is 11.3 Å². The molecule has 7 nitrogen and oxygen atoms in total. The maximum atomic E-state index is 12.8. The van der Waals surface area contributed by atoms with Crippen molar-refractivity contribution >= 4 is 34.5 Å². The number of fused-ring (bicyclic) bond motifs is 1. The van der Waals surface area contributed by atoms with Crippen LogP contribution in [0.1, 0.15) is 35.0 Å². The van der Waals surface area contributed by atoms with Gasteiger partial charge in [0.2, 0.25) is 5.78 Å². The number of nitrogens with zero attached hydrogens (tertiary/aromatic N) is 3. The average molecular weight is 433 g/mol. The molecule has 31 heavy (non-hydrogen) atoms. The number of ketones is 1. The lowest BCUT2D eigenvalue weighted by atomic mass is 10.1. The molecule has 3 aromatic heterocycles. The van der Waals surface area contributed by atoms with Crippen LogP contribution in [-0.4, -0.2) is 32.6 Å². The molecule has 0 saturated heterocycles. The van der Waals surface area contributed by atoms with Gasteiger partial charge in [-0.2, -0.15) is 5.10 Å². The van der Waals surface area contributed by atoms with Crippen LogP contribution in [0.15, 0.2) is 60.2 Å². The molecule has 1 fully saturated rings. The van der Waals surface area contributed by atoms with E-state index in [0.29, 0.717) is 27.7 Å². The van der Waals surface area contributed by atoms with Crippen LogP contribution in [0.4, 0.5) is 10.5 Å².